The van der Waals surface area contributed by atoms with Crippen LogP contribution in [0.15, 0.2) is 29.5 Å². The molecule has 3 atom stereocenters. The molecule has 0 amide bonds. The SMILES string of the molecule is CC1C(C#N)C(=C(C#N)C#N)OC1(C)c1ccc(F)c(F)c1. The topological polar surface area (TPSA) is 80.6 Å². The Kier molecular flexibility index (Phi) is 3.85. The number of benzene rings is 1. The second-order valence-electron chi connectivity index (χ2n) is 5.20. The number of rotatable bonds is 1. The van der Waals surface area contributed by atoms with E-state index in [2.05, 4.69) is 0 Å². The van der Waals surface area contributed by atoms with E-state index in [9.17, 15) is 14.0 Å². The monoisotopic (exact) mass is 299 g/mol. The number of hydrogen-bond acceptors (Lipinski definition) is 4. The van der Waals surface area contributed by atoms with Gasteiger partial charge in [-0.3, -0.25) is 0 Å². The van der Waals surface area contributed by atoms with Gasteiger partial charge in [0.25, 0.3) is 0 Å². The summed E-state index contributed by atoms with van der Waals surface area (Å²) in [6, 6.07) is 8.75. The van der Waals surface area contributed by atoms with Crippen LogP contribution in [0.4, 0.5) is 8.78 Å². The molecule has 0 bridgehead atoms. The zero-order chi connectivity index (χ0) is 16.5. The standard InChI is InChI=1S/C16H11F2N3O/c1-9-12(8-21)15(10(6-19)7-20)22-16(9,2)11-3-4-13(17)14(18)5-11/h3-5,9,12H,1-2H3. The molecule has 2 rings (SSSR count). The van der Waals surface area contributed by atoms with Crippen LogP contribution in [0.1, 0.15) is 19.4 Å². The van der Waals surface area contributed by atoms with E-state index in [-0.39, 0.29) is 11.3 Å². The third kappa shape index (κ3) is 2.18. The molecule has 0 N–H and O–H groups in total. The number of nitriles is 3. The Labute approximate surface area is 126 Å². The molecule has 1 fully saturated rings. The summed E-state index contributed by atoms with van der Waals surface area (Å²) in [5, 5.41) is 27.3. The fraction of sp³-hybridized carbons (Fsp3) is 0.312. The third-order valence-corrected chi connectivity index (χ3v) is 4.08. The van der Waals surface area contributed by atoms with Crippen molar-refractivity contribution < 1.29 is 13.5 Å². The van der Waals surface area contributed by atoms with Gasteiger partial charge in [-0.1, -0.05) is 13.0 Å². The molecule has 1 aromatic carbocycles. The summed E-state index contributed by atoms with van der Waals surface area (Å²) < 4.78 is 32.3. The molecule has 22 heavy (non-hydrogen) atoms. The maximum absolute atomic E-state index is 13.5. The Morgan fingerprint density at radius 1 is 1.18 bits per heavy atom. The van der Waals surface area contributed by atoms with Gasteiger partial charge in [0.1, 0.15) is 29.4 Å². The first-order valence-corrected chi connectivity index (χ1v) is 6.47. The molecule has 1 saturated heterocycles. The second-order valence-corrected chi connectivity index (χ2v) is 5.20. The summed E-state index contributed by atoms with van der Waals surface area (Å²) in [6.07, 6.45) is 0. The quantitative estimate of drug-likeness (QED) is 0.745. The minimum Gasteiger partial charge on any atom is -0.483 e. The molecule has 1 aliphatic heterocycles. The molecule has 0 radical (unpaired) electrons. The van der Waals surface area contributed by atoms with Gasteiger partial charge < -0.3 is 4.74 Å². The van der Waals surface area contributed by atoms with Crippen molar-refractivity contribution in [2.24, 2.45) is 11.8 Å². The largest absolute Gasteiger partial charge is 0.483 e. The predicted molar refractivity (Wildman–Crippen MR) is 71.3 cm³/mol. The van der Waals surface area contributed by atoms with Crippen molar-refractivity contribution >= 4 is 0 Å². The van der Waals surface area contributed by atoms with Crippen molar-refractivity contribution in [2.45, 2.75) is 19.4 Å². The van der Waals surface area contributed by atoms with Crippen molar-refractivity contribution in [3.8, 4) is 18.2 Å². The summed E-state index contributed by atoms with van der Waals surface area (Å²) in [7, 11) is 0. The lowest BCUT2D eigenvalue weighted by Crippen LogP contribution is -2.28. The van der Waals surface area contributed by atoms with Crippen LogP contribution >= 0.6 is 0 Å². The zero-order valence-corrected chi connectivity index (χ0v) is 11.9. The average molecular weight is 299 g/mol. The van der Waals surface area contributed by atoms with Crippen molar-refractivity contribution in [1.29, 1.82) is 15.8 Å². The molecular weight excluding hydrogens is 288 g/mol. The number of hydrogen-bond donors (Lipinski definition) is 0. The maximum atomic E-state index is 13.5. The maximum Gasteiger partial charge on any atom is 0.168 e. The summed E-state index contributed by atoms with van der Waals surface area (Å²) in [5.74, 6) is -3.30. The molecule has 4 nitrogen and oxygen atoms in total. The molecule has 0 spiro atoms. The lowest BCUT2D eigenvalue weighted by Gasteiger charge is -2.29. The summed E-state index contributed by atoms with van der Waals surface area (Å²) in [5.41, 5.74) is -1.09. The van der Waals surface area contributed by atoms with Crippen LogP contribution in [-0.2, 0) is 10.3 Å². The van der Waals surface area contributed by atoms with Gasteiger partial charge in [0.2, 0.25) is 0 Å². The second kappa shape index (κ2) is 5.47. The normalized spacial score (nSPS) is 26.5. The van der Waals surface area contributed by atoms with E-state index in [0.717, 1.165) is 12.1 Å². The van der Waals surface area contributed by atoms with Gasteiger partial charge in [-0.15, -0.1) is 0 Å². The van der Waals surface area contributed by atoms with Gasteiger partial charge in [0.05, 0.1) is 6.07 Å². The van der Waals surface area contributed by atoms with Crippen LogP contribution in [0.3, 0.4) is 0 Å². The Bertz CT molecular complexity index is 766. The molecular formula is C16H11F2N3O. The van der Waals surface area contributed by atoms with Crippen molar-refractivity contribution in [3.63, 3.8) is 0 Å². The molecule has 0 saturated carbocycles. The van der Waals surface area contributed by atoms with Gasteiger partial charge >= 0.3 is 0 Å². The van der Waals surface area contributed by atoms with Gasteiger partial charge in [-0.2, -0.15) is 15.8 Å². The van der Waals surface area contributed by atoms with Gasteiger partial charge in [0.15, 0.2) is 17.2 Å². The Balaban J connectivity index is 2.60. The molecule has 0 aromatic heterocycles. The minimum absolute atomic E-state index is 0.0211. The Morgan fingerprint density at radius 3 is 2.32 bits per heavy atom. The van der Waals surface area contributed by atoms with E-state index in [4.69, 9.17) is 15.3 Å². The molecule has 110 valence electrons. The number of nitrogens with zero attached hydrogens (tertiary/aromatic N) is 3. The van der Waals surface area contributed by atoms with Crippen LogP contribution in [0.5, 0.6) is 0 Å². The fourth-order valence-electron chi connectivity index (χ4n) is 2.57. The predicted octanol–water partition coefficient (Wildman–Crippen LogP) is 3.29. The van der Waals surface area contributed by atoms with Crippen LogP contribution in [0.25, 0.3) is 0 Å². The summed E-state index contributed by atoms with van der Waals surface area (Å²) >= 11 is 0. The molecule has 0 aliphatic carbocycles. The van der Waals surface area contributed by atoms with Gasteiger partial charge in [0, 0.05) is 5.92 Å². The van der Waals surface area contributed by atoms with E-state index in [0.29, 0.717) is 5.56 Å². The first-order chi connectivity index (χ1) is 10.4. The van der Waals surface area contributed by atoms with E-state index in [1.54, 1.807) is 26.0 Å². The zero-order valence-electron chi connectivity index (χ0n) is 11.9. The van der Waals surface area contributed by atoms with Gasteiger partial charge in [-0.05, 0) is 24.6 Å². The molecule has 3 unspecified atom stereocenters. The van der Waals surface area contributed by atoms with E-state index in [1.165, 1.54) is 6.07 Å². The third-order valence-electron chi connectivity index (χ3n) is 4.08. The minimum atomic E-state index is -1.14. The lowest BCUT2D eigenvalue weighted by molar-refractivity contribution is 0.0241. The average Bonchev–Trinajstić information content (AvgIpc) is 2.76. The number of allylic oxidation sites excluding steroid dienone is 2. The lowest BCUT2D eigenvalue weighted by atomic mass is 9.79. The fourth-order valence-corrected chi connectivity index (χ4v) is 2.57. The van der Waals surface area contributed by atoms with Crippen molar-refractivity contribution in [3.05, 3.63) is 46.7 Å². The molecule has 6 heteroatoms. The Hall–Kier alpha value is -2.91. The van der Waals surface area contributed by atoms with Crippen molar-refractivity contribution in [1.82, 2.24) is 0 Å². The van der Waals surface area contributed by atoms with Crippen LogP contribution in [0.2, 0.25) is 0 Å². The van der Waals surface area contributed by atoms with Crippen molar-refractivity contribution in [2.75, 3.05) is 0 Å². The van der Waals surface area contributed by atoms with E-state index in [1.807, 2.05) is 6.07 Å². The molecule has 1 aliphatic rings. The van der Waals surface area contributed by atoms with Gasteiger partial charge in [-0.25, -0.2) is 8.78 Å². The van der Waals surface area contributed by atoms with E-state index < -0.39 is 29.1 Å². The highest BCUT2D eigenvalue weighted by Crippen LogP contribution is 2.49. The number of halogens is 2. The highest BCUT2D eigenvalue weighted by Gasteiger charge is 2.50. The first kappa shape index (κ1) is 15.5. The summed E-state index contributed by atoms with van der Waals surface area (Å²) in [6.45, 7) is 3.32. The van der Waals surface area contributed by atoms with E-state index >= 15 is 0 Å². The first-order valence-electron chi connectivity index (χ1n) is 6.47. The number of ether oxygens (including phenoxy) is 1. The highest BCUT2D eigenvalue weighted by molar-refractivity contribution is 5.43. The van der Waals surface area contributed by atoms with Crippen LogP contribution in [-0.4, -0.2) is 0 Å². The van der Waals surface area contributed by atoms with Crippen LogP contribution in [0, 0.1) is 57.5 Å². The Morgan fingerprint density at radius 2 is 1.82 bits per heavy atom. The van der Waals surface area contributed by atoms with Crippen LogP contribution < -0.4 is 0 Å². The molecule has 1 heterocycles. The molecule has 1 aromatic rings. The smallest absolute Gasteiger partial charge is 0.168 e. The highest BCUT2D eigenvalue weighted by atomic mass is 19.2. The summed E-state index contributed by atoms with van der Waals surface area (Å²) in [4.78, 5) is 0.